The number of fused-ring (bicyclic) bond motifs is 1. The Balaban J connectivity index is 1.52. The van der Waals surface area contributed by atoms with Crippen molar-refractivity contribution in [1.29, 1.82) is 0 Å². The first-order chi connectivity index (χ1) is 17.4. The van der Waals surface area contributed by atoms with Gasteiger partial charge in [0.1, 0.15) is 11.4 Å². The van der Waals surface area contributed by atoms with Crippen LogP contribution in [0.2, 0.25) is 5.02 Å². The van der Waals surface area contributed by atoms with Crippen LogP contribution in [-0.4, -0.2) is 34.0 Å². The number of amides is 1. The molecule has 3 aromatic carbocycles. The van der Waals surface area contributed by atoms with Crippen LogP contribution >= 0.6 is 11.6 Å². The predicted molar refractivity (Wildman–Crippen MR) is 146 cm³/mol. The van der Waals surface area contributed by atoms with Gasteiger partial charge in [-0.05, 0) is 64.9 Å². The molecule has 0 aliphatic carbocycles. The number of benzene rings is 3. The molecule has 6 heteroatoms. The molecule has 1 heterocycles. The van der Waals surface area contributed by atoms with Gasteiger partial charge >= 0.3 is 5.97 Å². The van der Waals surface area contributed by atoms with Crippen molar-refractivity contribution in [3.8, 4) is 5.75 Å². The summed E-state index contributed by atoms with van der Waals surface area (Å²) >= 11 is 6.16. The van der Waals surface area contributed by atoms with Crippen molar-refractivity contribution in [3.05, 3.63) is 99.6 Å². The molecule has 3 aromatic rings. The van der Waals surface area contributed by atoms with Gasteiger partial charge in [-0.15, -0.1) is 0 Å². The molecule has 0 saturated heterocycles. The zero-order chi connectivity index (χ0) is 26.8. The van der Waals surface area contributed by atoms with Gasteiger partial charge in [-0.1, -0.05) is 68.8 Å². The highest BCUT2D eigenvalue weighted by Gasteiger charge is 2.35. The second-order valence-electron chi connectivity index (χ2n) is 11.2. The third kappa shape index (κ3) is 6.72. The summed E-state index contributed by atoms with van der Waals surface area (Å²) in [6.07, 6.45) is 1.25. The Morgan fingerprint density at radius 1 is 1.03 bits per heavy atom. The molecular formula is C31H34ClNO4. The van der Waals surface area contributed by atoms with Crippen LogP contribution < -0.4 is 4.74 Å². The summed E-state index contributed by atoms with van der Waals surface area (Å²) in [6.45, 7) is 9.01. The largest absolute Gasteiger partial charge is 0.487 e. The number of carboxylic acids is 1. The van der Waals surface area contributed by atoms with Crippen LogP contribution in [0.15, 0.2) is 66.7 Å². The summed E-state index contributed by atoms with van der Waals surface area (Å²) < 4.78 is 6.30. The van der Waals surface area contributed by atoms with E-state index in [0.717, 1.165) is 22.4 Å². The number of hydrogen-bond acceptors (Lipinski definition) is 3. The maximum absolute atomic E-state index is 13.6. The minimum absolute atomic E-state index is 0.0328. The van der Waals surface area contributed by atoms with E-state index in [1.807, 2.05) is 48.5 Å². The number of carbonyl (C=O) groups excluding carboxylic acids is 1. The van der Waals surface area contributed by atoms with Crippen LogP contribution in [-0.2, 0) is 29.6 Å². The highest BCUT2D eigenvalue weighted by Crippen LogP contribution is 2.38. The van der Waals surface area contributed by atoms with Crippen molar-refractivity contribution in [3.63, 3.8) is 0 Å². The number of hydrogen-bond donors (Lipinski definition) is 1. The minimum Gasteiger partial charge on any atom is -0.487 e. The molecule has 37 heavy (non-hydrogen) atoms. The maximum Gasteiger partial charge on any atom is 0.305 e. The molecule has 0 fully saturated rings. The Kier molecular flexibility index (Phi) is 7.65. The van der Waals surface area contributed by atoms with Crippen LogP contribution in [0.5, 0.6) is 5.75 Å². The average Bonchev–Trinajstić information content (AvgIpc) is 3.15. The number of halogens is 1. The SMILES string of the molecule is CC(C)(C)c1ccc(CN(CCC(=O)O)C(=O)c2ccc3c(c2)C[C@@](C)(Cc2cccc(Cl)c2)O3)cc1. The molecule has 1 N–H and O–H groups in total. The van der Waals surface area contributed by atoms with Crippen LogP contribution in [0.3, 0.4) is 0 Å². The van der Waals surface area contributed by atoms with Gasteiger partial charge in [0, 0.05) is 36.5 Å². The lowest BCUT2D eigenvalue weighted by Crippen LogP contribution is -2.33. The van der Waals surface area contributed by atoms with E-state index in [4.69, 9.17) is 16.3 Å². The third-order valence-corrected chi connectivity index (χ3v) is 7.01. The van der Waals surface area contributed by atoms with Crippen molar-refractivity contribution in [2.45, 2.75) is 64.5 Å². The van der Waals surface area contributed by atoms with E-state index in [1.165, 1.54) is 5.56 Å². The average molecular weight is 520 g/mol. The zero-order valence-electron chi connectivity index (χ0n) is 21.9. The highest BCUT2D eigenvalue weighted by molar-refractivity contribution is 6.30. The van der Waals surface area contributed by atoms with Gasteiger partial charge in [-0.3, -0.25) is 9.59 Å². The van der Waals surface area contributed by atoms with Crippen LogP contribution in [0.25, 0.3) is 0 Å². The molecule has 194 valence electrons. The van der Waals surface area contributed by atoms with Gasteiger partial charge in [0.05, 0.1) is 6.42 Å². The van der Waals surface area contributed by atoms with Crippen molar-refractivity contribution < 1.29 is 19.4 Å². The Labute approximate surface area is 224 Å². The summed E-state index contributed by atoms with van der Waals surface area (Å²) in [4.78, 5) is 26.5. The fourth-order valence-corrected chi connectivity index (χ4v) is 5.04. The van der Waals surface area contributed by atoms with Crippen LogP contribution in [0, 0.1) is 0 Å². The van der Waals surface area contributed by atoms with E-state index in [2.05, 4.69) is 39.8 Å². The smallest absolute Gasteiger partial charge is 0.305 e. The Morgan fingerprint density at radius 3 is 2.41 bits per heavy atom. The Hall–Kier alpha value is -3.31. The summed E-state index contributed by atoms with van der Waals surface area (Å²) in [7, 11) is 0. The van der Waals surface area contributed by atoms with Gasteiger partial charge in [-0.25, -0.2) is 0 Å². The normalized spacial score (nSPS) is 16.7. The second kappa shape index (κ2) is 10.6. The third-order valence-electron chi connectivity index (χ3n) is 6.77. The fraction of sp³-hybridized carbons (Fsp3) is 0.355. The first-order valence-corrected chi connectivity index (χ1v) is 13.0. The molecule has 0 radical (unpaired) electrons. The highest BCUT2D eigenvalue weighted by atomic mass is 35.5. The van der Waals surface area contributed by atoms with Crippen molar-refractivity contribution in [2.24, 2.45) is 0 Å². The van der Waals surface area contributed by atoms with Crippen LogP contribution in [0.1, 0.15) is 66.7 Å². The lowest BCUT2D eigenvalue weighted by molar-refractivity contribution is -0.137. The molecule has 1 aliphatic heterocycles. The number of ether oxygens (including phenoxy) is 1. The number of aliphatic carboxylic acids is 1. The van der Waals surface area contributed by atoms with E-state index in [1.54, 1.807) is 11.0 Å². The lowest BCUT2D eigenvalue weighted by Gasteiger charge is -2.24. The van der Waals surface area contributed by atoms with E-state index in [-0.39, 0.29) is 24.3 Å². The molecule has 1 amide bonds. The van der Waals surface area contributed by atoms with Gasteiger partial charge in [0.2, 0.25) is 0 Å². The molecule has 4 rings (SSSR count). The molecule has 5 nitrogen and oxygen atoms in total. The summed E-state index contributed by atoms with van der Waals surface area (Å²) in [5.41, 5.74) is 4.37. The molecule has 0 unspecified atom stereocenters. The molecular weight excluding hydrogens is 486 g/mol. The Morgan fingerprint density at radius 2 is 1.76 bits per heavy atom. The first kappa shape index (κ1) is 26.7. The maximum atomic E-state index is 13.6. The predicted octanol–water partition coefficient (Wildman–Crippen LogP) is 6.69. The molecule has 1 aliphatic rings. The minimum atomic E-state index is -0.931. The topological polar surface area (TPSA) is 66.8 Å². The number of nitrogens with zero attached hydrogens (tertiary/aromatic N) is 1. The number of carboxylic acid groups (broad SMARTS) is 1. The Bertz CT molecular complexity index is 1300. The summed E-state index contributed by atoms with van der Waals surface area (Å²) in [5.74, 6) is -0.344. The first-order valence-electron chi connectivity index (χ1n) is 12.6. The van der Waals surface area contributed by atoms with E-state index in [9.17, 15) is 14.7 Å². The van der Waals surface area contributed by atoms with Crippen molar-refractivity contribution >= 4 is 23.5 Å². The lowest BCUT2D eigenvalue weighted by atomic mass is 9.87. The summed E-state index contributed by atoms with van der Waals surface area (Å²) in [6, 6.07) is 21.4. The zero-order valence-corrected chi connectivity index (χ0v) is 22.6. The molecule has 0 bridgehead atoms. The second-order valence-corrected chi connectivity index (χ2v) is 11.6. The quantitative estimate of drug-likeness (QED) is 0.360. The van der Waals surface area contributed by atoms with Gasteiger partial charge in [-0.2, -0.15) is 0 Å². The van der Waals surface area contributed by atoms with Gasteiger partial charge < -0.3 is 14.7 Å². The number of rotatable bonds is 8. The summed E-state index contributed by atoms with van der Waals surface area (Å²) in [5, 5.41) is 9.96. The van der Waals surface area contributed by atoms with Crippen molar-refractivity contribution in [1.82, 2.24) is 4.90 Å². The molecule has 0 saturated carbocycles. The van der Waals surface area contributed by atoms with Gasteiger partial charge in [0.15, 0.2) is 0 Å². The molecule has 0 aromatic heterocycles. The number of carbonyl (C=O) groups is 2. The van der Waals surface area contributed by atoms with E-state index >= 15 is 0 Å². The standard InChI is InChI=1S/C31H34ClNO4/c1-30(2,3)25-11-8-21(9-12-25)20-33(15-14-28(34)35)29(36)23-10-13-27-24(17-23)19-31(4,37-27)18-22-6-5-7-26(32)16-22/h5-13,16-17H,14-15,18-20H2,1-4H3,(H,34,35)/t31-/m1/s1. The van der Waals surface area contributed by atoms with E-state index < -0.39 is 11.6 Å². The van der Waals surface area contributed by atoms with Gasteiger partial charge in [0.25, 0.3) is 5.91 Å². The van der Waals surface area contributed by atoms with Crippen molar-refractivity contribution in [2.75, 3.05) is 6.54 Å². The molecule has 0 spiro atoms. The van der Waals surface area contributed by atoms with Crippen LogP contribution in [0.4, 0.5) is 0 Å². The molecule has 1 atom stereocenters. The monoisotopic (exact) mass is 519 g/mol. The van der Waals surface area contributed by atoms with E-state index in [0.29, 0.717) is 30.0 Å². The fourth-order valence-electron chi connectivity index (χ4n) is 4.83.